The van der Waals surface area contributed by atoms with Gasteiger partial charge in [-0.15, -0.1) is 11.3 Å². The van der Waals surface area contributed by atoms with Crippen molar-refractivity contribution in [2.24, 2.45) is 5.84 Å². The Morgan fingerprint density at radius 2 is 2.19 bits per heavy atom. The Morgan fingerprint density at radius 3 is 2.86 bits per heavy atom. The van der Waals surface area contributed by atoms with Crippen LogP contribution in [0.2, 0.25) is 0 Å². The summed E-state index contributed by atoms with van der Waals surface area (Å²) in [5.41, 5.74) is 3.25. The smallest absolute Gasteiger partial charge is 0.275 e. The maximum atomic E-state index is 12.0. The average molecular weight is 305 g/mol. The summed E-state index contributed by atoms with van der Waals surface area (Å²) in [6.07, 6.45) is 2.33. The fraction of sp³-hybridized carbons (Fsp3) is 0.400. The number of hydrazine groups is 1. The highest BCUT2D eigenvalue weighted by atomic mass is 32.1. The molecule has 4 N–H and O–H groups in total. The van der Waals surface area contributed by atoms with Crippen molar-refractivity contribution in [3.63, 3.8) is 0 Å². The number of aliphatic hydroxyl groups excluding tert-OH is 1. The first-order valence-electron chi connectivity index (χ1n) is 7.11. The molecule has 3 rings (SSSR count). The van der Waals surface area contributed by atoms with Crippen molar-refractivity contribution in [1.29, 1.82) is 0 Å². The van der Waals surface area contributed by atoms with Crippen LogP contribution in [0.25, 0.3) is 10.1 Å². The number of nitrogens with two attached hydrogens (primary N) is 1. The van der Waals surface area contributed by atoms with Crippen LogP contribution in [0.4, 0.5) is 0 Å². The van der Waals surface area contributed by atoms with Gasteiger partial charge in [-0.2, -0.15) is 0 Å². The molecule has 1 aliphatic carbocycles. The Morgan fingerprint density at radius 1 is 1.43 bits per heavy atom. The maximum absolute atomic E-state index is 12.0. The highest BCUT2D eigenvalue weighted by Crippen LogP contribution is 2.35. The summed E-state index contributed by atoms with van der Waals surface area (Å²) in [5.74, 6) is 5.07. The number of nitrogens with zero attached hydrogens (tertiary/aromatic N) is 1. The van der Waals surface area contributed by atoms with E-state index in [1.807, 2.05) is 24.3 Å². The van der Waals surface area contributed by atoms with Crippen LogP contribution in [0, 0.1) is 0 Å². The molecular formula is C15H19N3O2S. The minimum absolute atomic E-state index is 0.136. The topological polar surface area (TPSA) is 78.6 Å². The van der Waals surface area contributed by atoms with Gasteiger partial charge in [0.15, 0.2) is 0 Å². The number of rotatable bonds is 6. The van der Waals surface area contributed by atoms with Gasteiger partial charge in [-0.3, -0.25) is 15.1 Å². The van der Waals surface area contributed by atoms with Crippen molar-refractivity contribution in [3.8, 4) is 0 Å². The number of carbonyl (C=O) groups excluding carboxylic acids is 1. The van der Waals surface area contributed by atoms with Crippen molar-refractivity contribution >= 4 is 27.3 Å². The Hall–Kier alpha value is -1.47. The van der Waals surface area contributed by atoms with E-state index in [0.717, 1.165) is 15.6 Å². The number of benzene rings is 1. The van der Waals surface area contributed by atoms with E-state index < -0.39 is 0 Å². The SMILES string of the molecule is NNC(=O)c1sc2ccccc2c1CN(CCO)C1CC1. The van der Waals surface area contributed by atoms with Crippen molar-refractivity contribution in [2.45, 2.75) is 25.4 Å². The molecule has 0 unspecified atom stereocenters. The highest BCUT2D eigenvalue weighted by Gasteiger charge is 2.30. The predicted molar refractivity (Wildman–Crippen MR) is 84.0 cm³/mol. The van der Waals surface area contributed by atoms with Crippen LogP contribution in [0.1, 0.15) is 28.1 Å². The van der Waals surface area contributed by atoms with E-state index in [0.29, 0.717) is 24.0 Å². The lowest BCUT2D eigenvalue weighted by Crippen LogP contribution is -2.32. The monoisotopic (exact) mass is 305 g/mol. The molecule has 1 aromatic heterocycles. The maximum Gasteiger partial charge on any atom is 0.275 e. The van der Waals surface area contributed by atoms with Gasteiger partial charge in [-0.05, 0) is 29.9 Å². The molecule has 1 aromatic carbocycles. The second-order valence-corrected chi connectivity index (χ2v) is 6.36. The first kappa shape index (κ1) is 14.5. The summed E-state index contributed by atoms with van der Waals surface area (Å²) in [6.45, 7) is 1.45. The molecule has 2 aromatic rings. The van der Waals surface area contributed by atoms with Gasteiger partial charge in [0.05, 0.1) is 11.5 Å². The third-order valence-electron chi connectivity index (χ3n) is 3.85. The standard InChI is InChI=1S/C15H19N3O2S/c16-17-15(20)14-12(9-18(7-8-19)10-5-6-10)11-3-1-2-4-13(11)21-14/h1-4,10,19H,5-9,16H2,(H,17,20). The van der Waals surface area contributed by atoms with Gasteiger partial charge >= 0.3 is 0 Å². The van der Waals surface area contributed by atoms with E-state index in [4.69, 9.17) is 5.84 Å². The number of aliphatic hydroxyl groups is 1. The van der Waals surface area contributed by atoms with Gasteiger partial charge in [0.1, 0.15) is 0 Å². The lowest BCUT2D eigenvalue weighted by molar-refractivity contribution is 0.0955. The van der Waals surface area contributed by atoms with Gasteiger partial charge in [-0.25, -0.2) is 5.84 Å². The first-order valence-corrected chi connectivity index (χ1v) is 7.92. The van der Waals surface area contributed by atoms with Crippen molar-refractivity contribution in [1.82, 2.24) is 10.3 Å². The molecule has 6 heteroatoms. The molecule has 0 atom stereocenters. The molecular weight excluding hydrogens is 286 g/mol. The highest BCUT2D eigenvalue weighted by molar-refractivity contribution is 7.21. The molecule has 0 aliphatic heterocycles. The Balaban J connectivity index is 1.99. The Kier molecular flexibility index (Phi) is 4.21. The lowest BCUT2D eigenvalue weighted by atomic mass is 10.1. The molecule has 0 bridgehead atoms. The fourth-order valence-electron chi connectivity index (χ4n) is 2.67. The summed E-state index contributed by atoms with van der Waals surface area (Å²) < 4.78 is 1.09. The summed E-state index contributed by atoms with van der Waals surface area (Å²) >= 11 is 1.47. The average Bonchev–Trinajstić information content (AvgIpc) is 3.29. The number of hydrogen-bond acceptors (Lipinski definition) is 5. The minimum atomic E-state index is -0.244. The number of hydrogen-bond donors (Lipinski definition) is 3. The Bertz CT molecular complexity index is 651. The van der Waals surface area contributed by atoms with E-state index in [1.165, 1.54) is 24.2 Å². The summed E-state index contributed by atoms with van der Waals surface area (Å²) in [5, 5.41) is 10.3. The summed E-state index contributed by atoms with van der Waals surface area (Å²) in [6, 6.07) is 8.54. The van der Waals surface area contributed by atoms with Crippen LogP contribution in [-0.2, 0) is 6.54 Å². The molecule has 1 fully saturated rings. The molecule has 21 heavy (non-hydrogen) atoms. The van der Waals surface area contributed by atoms with Crippen LogP contribution in [-0.4, -0.2) is 35.1 Å². The zero-order valence-electron chi connectivity index (χ0n) is 11.7. The molecule has 0 radical (unpaired) electrons. The van der Waals surface area contributed by atoms with Crippen molar-refractivity contribution in [3.05, 3.63) is 34.7 Å². The molecule has 0 spiro atoms. The molecule has 5 nitrogen and oxygen atoms in total. The molecule has 0 saturated heterocycles. The molecule has 1 heterocycles. The van der Waals surface area contributed by atoms with Gasteiger partial charge in [0.25, 0.3) is 5.91 Å². The zero-order valence-corrected chi connectivity index (χ0v) is 12.5. The van der Waals surface area contributed by atoms with Crippen LogP contribution in [0.5, 0.6) is 0 Å². The van der Waals surface area contributed by atoms with E-state index in [9.17, 15) is 9.90 Å². The van der Waals surface area contributed by atoms with Crippen LogP contribution < -0.4 is 11.3 Å². The minimum Gasteiger partial charge on any atom is -0.395 e. The lowest BCUT2D eigenvalue weighted by Gasteiger charge is -2.21. The second kappa shape index (κ2) is 6.11. The third-order valence-corrected chi connectivity index (χ3v) is 5.06. The van der Waals surface area contributed by atoms with Gasteiger partial charge < -0.3 is 5.11 Å². The van der Waals surface area contributed by atoms with Crippen LogP contribution in [0.15, 0.2) is 24.3 Å². The number of carbonyl (C=O) groups is 1. The van der Waals surface area contributed by atoms with E-state index >= 15 is 0 Å². The first-order chi connectivity index (χ1) is 10.2. The van der Waals surface area contributed by atoms with Gasteiger partial charge in [-0.1, -0.05) is 18.2 Å². The van der Waals surface area contributed by atoms with E-state index in [-0.39, 0.29) is 12.5 Å². The van der Waals surface area contributed by atoms with Crippen molar-refractivity contribution in [2.75, 3.05) is 13.2 Å². The van der Waals surface area contributed by atoms with E-state index in [1.54, 1.807) is 0 Å². The quantitative estimate of drug-likeness (QED) is 0.429. The van der Waals surface area contributed by atoms with Gasteiger partial charge in [0, 0.05) is 23.8 Å². The number of nitrogen functional groups attached to an aromatic ring is 1. The zero-order chi connectivity index (χ0) is 14.8. The number of nitrogens with one attached hydrogen (secondary N) is 1. The number of amides is 1. The Labute approximate surface area is 127 Å². The molecule has 1 aliphatic rings. The normalized spacial score (nSPS) is 14.8. The predicted octanol–water partition coefficient (Wildman–Crippen LogP) is 1.46. The van der Waals surface area contributed by atoms with Gasteiger partial charge in [0.2, 0.25) is 0 Å². The number of thiophene rings is 1. The molecule has 112 valence electrons. The fourth-order valence-corrected chi connectivity index (χ4v) is 3.78. The second-order valence-electron chi connectivity index (χ2n) is 5.30. The van der Waals surface area contributed by atoms with Crippen molar-refractivity contribution < 1.29 is 9.90 Å². The van der Waals surface area contributed by atoms with E-state index in [2.05, 4.69) is 10.3 Å². The summed E-state index contributed by atoms with van der Waals surface area (Å²) in [7, 11) is 0. The van der Waals surface area contributed by atoms with Crippen LogP contribution >= 0.6 is 11.3 Å². The van der Waals surface area contributed by atoms with Crippen LogP contribution in [0.3, 0.4) is 0 Å². The summed E-state index contributed by atoms with van der Waals surface area (Å²) in [4.78, 5) is 15.0. The number of fused-ring (bicyclic) bond motifs is 1. The molecule has 1 saturated carbocycles. The largest absolute Gasteiger partial charge is 0.395 e. The third kappa shape index (κ3) is 2.94. The molecule has 1 amide bonds.